The Morgan fingerprint density at radius 3 is 1.38 bits per heavy atom. The van der Waals surface area contributed by atoms with Gasteiger partial charge in [0.2, 0.25) is 0 Å². The molecule has 9 heteroatoms. The molecule has 0 saturated carbocycles. The van der Waals surface area contributed by atoms with Crippen LogP contribution in [-0.2, 0) is 5.41 Å². The van der Waals surface area contributed by atoms with Crippen molar-refractivity contribution in [3.8, 4) is 101 Å². The summed E-state index contributed by atoms with van der Waals surface area (Å²) in [5, 5.41) is 12.5. The SMILES string of the molecule is CC1(C)c2cc(-c3nc4ccccc4nc3-c3cccc4c3sc3ccccc34)ccc2-c2cc3ccccc3cc21.c1ccc(-c2nc(-c3cccc4c3sc3ccccc34)cc3ncccc23)cc1.c1ccc(-c2nc(-c3ccccc3)c3ccc(-c4cccc(-c5ccc6c(c5)sc5ccccc56)c4)cc3n2)cc1. The third-order valence-corrected chi connectivity index (χ3v) is 25.6. The van der Waals surface area contributed by atoms with Crippen LogP contribution in [0.5, 0.6) is 0 Å². The van der Waals surface area contributed by atoms with Gasteiger partial charge in [0.15, 0.2) is 5.82 Å². The average molecular weight is 1480 g/mol. The smallest absolute Gasteiger partial charge is 0.160 e. The van der Waals surface area contributed by atoms with E-state index in [4.69, 9.17) is 24.9 Å². The molecule has 0 spiro atoms. The van der Waals surface area contributed by atoms with E-state index in [1.807, 2.05) is 88.7 Å². The van der Waals surface area contributed by atoms with E-state index < -0.39 is 0 Å². The molecule has 23 rings (SSSR count). The van der Waals surface area contributed by atoms with Gasteiger partial charge in [0.25, 0.3) is 0 Å². The van der Waals surface area contributed by atoms with E-state index in [1.165, 1.54) is 110 Å². The molecule has 112 heavy (non-hydrogen) atoms. The normalized spacial score (nSPS) is 12.3. The fourth-order valence-electron chi connectivity index (χ4n) is 16.5. The molecular weight excluding hydrogens is 1420 g/mol. The summed E-state index contributed by atoms with van der Waals surface area (Å²) in [6.45, 7) is 4.70. The number of aromatic nitrogens is 6. The number of rotatable bonds is 8. The monoisotopic (exact) mass is 1480 g/mol. The van der Waals surface area contributed by atoms with Gasteiger partial charge in [-0.3, -0.25) is 4.98 Å². The number of hydrogen-bond donors (Lipinski definition) is 0. The number of fused-ring (bicyclic) bond motifs is 16. The first-order chi connectivity index (χ1) is 55.2. The van der Waals surface area contributed by atoms with Gasteiger partial charge in [-0.25, -0.2) is 24.9 Å². The lowest BCUT2D eigenvalue weighted by Gasteiger charge is -2.22. The van der Waals surface area contributed by atoms with Gasteiger partial charge in [0.1, 0.15) is 0 Å². The van der Waals surface area contributed by atoms with Crippen LogP contribution in [0.4, 0.5) is 0 Å². The van der Waals surface area contributed by atoms with E-state index in [0.29, 0.717) is 0 Å². The van der Waals surface area contributed by atoms with E-state index in [-0.39, 0.29) is 5.41 Å². The molecule has 0 N–H and O–H groups in total. The summed E-state index contributed by atoms with van der Waals surface area (Å²) in [7, 11) is 0. The minimum atomic E-state index is -0.124. The van der Waals surface area contributed by atoms with Gasteiger partial charge in [-0.05, 0) is 146 Å². The quantitative estimate of drug-likeness (QED) is 0.151. The Morgan fingerprint density at radius 1 is 0.232 bits per heavy atom. The first-order valence-electron chi connectivity index (χ1n) is 37.8. The van der Waals surface area contributed by atoms with Crippen LogP contribution >= 0.6 is 34.0 Å². The largest absolute Gasteiger partial charge is 0.256 e. The highest BCUT2D eigenvalue weighted by Crippen LogP contribution is 2.52. The number of hydrogen-bond acceptors (Lipinski definition) is 9. The standard InChI is InChI=1S/C39H26N2S.C38H24N2S.C26H16N2S/c1-39(2)31-22-25(18-19-26(31)30-20-23-10-3-4-11-24(23)21-32(30)39)36-37(41-34-16-7-6-15-33(34)40-36)29-14-9-13-28-27-12-5-8-17-35(27)42-38(28)29;1-3-10-25(11-4-1)37-33-21-19-29(23-34(33)39-38(40-37)26-12-5-2-6-13-26)27-14-9-15-28(22-27)30-18-20-32-31-16-7-8-17-35(31)41-36(32)24-30;1-2-8-17(9-3-1)25-20-13-7-15-27-22(20)16-23(28-25)21-12-6-11-19-18-10-4-5-14-24(18)29-26(19)21/h3-22H,1-2H3;1-24H;1-16H. The number of para-hydroxylation sites is 2. The third kappa shape index (κ3) is 11.8. The first kappa shape index (κ1) is 66.6. The van der Waals surface area contributed by atoms with E-state index in [0.717, 1.165) is 106 Å². The summed E-state index contributed by atoms with van der Waals surface area (Å²) in [6, 6.07) is 127. The number of nitrogens with zero attached hydrogens (tertiary/aromatic N) is 6. The number of thiophene rings is 3. The van der Waals surface area contributed by atoms with Crippen LogP contribution in [0.25, 0.3) is 205 Å². The Hall–Kier alpha value is -13.5. The van der Waals surface area contributed by atoms with Gasteiger partial charge in [-0.15, -0.1) is 34.0 Å². The number of benzene rings is 15. The van der Waals surface area contributed by atoms with Crippen molar-refractivity contribution in [1.82, 2.24) is 29.9 Å². The summed E-state index contributed by atoms with van der Waals surface area (Å²) >= 11 is 5.52. The molecular formula is C103H66N6S3. The summed E-state index contributed by atoms with van der Waals surface area (Å²) in [4.78, 5) is 30.4. The van der Waals surface area contributed by atoms with E-state index >= 15 is 0 Å². The minimum Gasteiger partial charge on any atom is -0.256 e. The zero-order valence-electron chi connectivity index (χ0n) is 61.0. The topological polar surface area (TPSA) is 77.3 Å². The van der Waals surface area contributed by atoms with Crippen molar-refractivity contribution in [2.45, 2.75) is 19.3 Å². The van der Waals surface area contributed by atoms with E-state index in [2.05, 4.69) is 328 Å². The average Bonchev–Trinajstić information content (AvgIpc) is 1.56. The summed E-state index contributed by atoms with van der Waals surface area (Å²) in [6.07, 6.45) is 1.85. The highest BCUT2D eigenvalue weighted by Gasteiger charge is 2.36. The summed E-state index contributed by atoms with van der Waals surface area (Å²) in [5.74, 6) is 0.736. The van der Waals surface area contributed by atoms with Crippen molar-refractivity contribution >= 4 is 138 Å². The van der Waals surface area contributed by atoms with Crippen LogP contribution in [0.1, 0.15) is 25.0 Å². The molecule has 7 heterocycles. The lowest BCUT2D eigenvalue weighted by atomic mass is 9.81. The van der Waals surface area contributed by atoms with Gasteiger partial charge >= 0.3 is 0 Å². The Labute approximate surface area is 658 Å². The molecule has 0 atom stereocenters. The fourth-order valence-corrected chi connectivity index (χ4v) is 20.1. The second-order valence-corrected chi connectivity index (χ2v) is 32.3. The number of pyridine rings is 2. The van der Waals surface area contributed by atoms with Crippen molar-refractivity contribution in [3.05, 3.63) is 375 Å². The molecule has 526 valence electrons. The Morgan fingerprint density at radius 2 is 0.705 bits per heavy atom. The summed E-state index contributed by atoms with van der Waals surface area (Å²) in [5.41, 5.74) is 25.1. The van der Waals surface area contributed by atoms with Gasteiger partial charge in [0, 0.05) is 116 Å². The predicted octanol–water partition coefficient (Wildman–Crippen LogP) is 28.8. The molecule has 15 aromatic carbocycles. The molecule has 0 bridgehead atoms. The zero-order chi connectivity index (χ0) is 74.4. The highest BCUT2D eigenvalue weighted by atomic mass is 32.1. The molecule has 1 aliphatic carbocycles. The molecule has 7 aromatic heterocycles. The highest BCUT2D eigenvalue weighted by molar-refractivity contribution is 7.27. The van der Waals surface area contributed by atoms with Crippen LogP contribution < -0.4 is 0 Å². The zero-order valence-corrected chi connectivity index (χ0v) is 63.5. The Kier molecular flexibility index (Phi) is 16.4. The maximum atomic E-state index is 5.29. The van der Waals surface area contributed by atoms with Gasteiger partial charge < -0.3 is 0 Å². The Bertz CT molecular complexity index is 7490. The van der Waals surface area contributed by atoms with E-state index in [9.17, 15) is 0 Å². The molecule has 1 aliphatic rings. The molecule has 22 aromatic rings. The van der Waals surface area contributed by atoms with Gasteiger partial charge in [-0.1, -0.05) is 281 Å². The van der Waals surface area contributed by atoms with Crippen molar-refractivity contribution in [2.75, 3.05) is 0 Å². The fraction of sp³-hybridized carbons (Fsp3) is 0.0291. The second-order valence-electron chi connectivity index (χ2n) is 29.1. The molecule has 6 nitrogen and oxygen atoms in total. The maximum absolute atomic E-state index is 5.29. The lowest BCUT2D eigenvalue weighted by Crippen LogP contribution is -2.15. The van der Waals surface area contributed by atoms with E-state index in [1.54, 1.807) is 0 Å². The maximum Gasteiger partial charge on any atom is 0.160 e. The molecule has 0 fully saturated rings. The van der Waals surface area contributed by atoms with Crippen LogP contribution in [-0.4, -0.2) is 29.9 Å². The minimum absolute atomic E-state index is 0.124. The molecule has 0 saturated heterocycles. The molecule has 0 aliphatic heterocycles. The Balaban J connectivity index is 0.000000108. The first-order valence-corrected chi connectivity index (χ1v) is 40.2. The predicted molar refractivity (Wildman–Crippen MR) is 476 cm³/mol. The molecule has 0 amide bonds. The van der Waals surface area contributed by atoms with Crippen LogP contribution in [0.2, 0.25) is 0 Å². The van der Waals surface area contributed by atoms with Crippen molar-refractivity contribution in [1.29, 1.82) is 0 Å². The van der Waals surface area contributed by atoms with Crippen molar-refractivity contribution in [3.63, 3.8) is 0 Å². The summed E-state index contributed by atoms with van der Waals surface area (Å²) < 4.78 is 7.77. The lowest BCUT2D eigenvalue weighted by molar-refractivity contribution is 0.661. The molecule has 0 radical (unpaired) electrons. The van der Waals surface area contributed by atoms with Crippen molar-refractivity contribution in [2.24, 2.45) is 0 Å². The van der Waals surface area contributed by atoms with Crippen LogP contribution in [0.15, 0.2) is 364 Å². The molecule has 0 unspecified atom stereocenters. The van der Waals surface area contributed by atoms with Gasteiger partial charge in [0.05, 0.1) is 50.5 Å². The van der Waals surface area contributed by atoms with Gasteiger partial charge in [-0.2, -0.15) is 0 Å². The van der Waals surface area contributed by atoms with Crippen LogP contribution in [0, 0.1) is 0 Å². The van der Waals surface area contributed by atoms with Crippen LogP contribution in [0.3, 0.4) is 0 Å². The third-order valence-electron chi connectivity index (χ3n) is 22.1. The second kappa shape index (κ2) is 27.5. The van der Waals surface area contributed by atoms with Crippen molar-refractivity contribution < 1.29 is 0 Å².